The van der Waals surface area contributed by atoms with Gasteiger partial charge in [-0.2, -0.15) is 5.10 Å². The van der Waals surface area contributed by atoms with Crippen molar-refractivity contribution in [1.29, 1.82) is 0 Å². The summed E-state index contributed by atoms with van der Waals surface area (Å²) in [5.41, 5.74) is 0. The molecule has 16 heavy (non-hydrogen) atoms. The number of nitrogens with zero attached hydrogens (tertiary/aromatic N) is 3. The van der Waals surface area contributed by atoms with Crippen molar-refractivity contribution in [2.75, 3.05) is 0 Å². The Kier molecular flexibility index (Phi) is 3.60. The molecule has 0 aliphatic carbocycles. The average molecular weight is 248 g/mol. The third-order valence-electron chi connectivity index (χ3n) is 1.89. The van der Waals surface area contributed by atoms with Gasteiger partial charge in [0.25, 0.3) is 0 Å². The maximum absolute atomic E-state index is 11.4. The van der Waals surface area contributed by atoms with Gasteiger partial charge in [-0.05, 0) is 6.92 Å². The Bertz CT molecular complexity index is 480. The van der Waals surface area contributed by atoms with E-state index in [2.05, 4.69) is 14.8 Å². The van der Waals surface area contributed by atoms with Crippen molar-refractivity contribution in [3.05, 3.63) is 12.2 Å². The van der Waals surface area contributed by atoms with Crippen LogP contribution in [0.1, 0.15) is 12.7 Å². The SMILES string of the molecule is CC(C(=O)O)S(=O)(=O)NCc1ncn(C)n1. The fourth-order valence-corrected chi connectivity index (χ4v) is 1.73. The van der Waals surface area contributed by atoms with Gasteiger partial charge in [0.2, 0.25) is 10.0 Å². The fraction of sp³-hybridized carbons (Fsp3) is 0.571. The lowest BCUT2D eigenvalue weighted by molar-refractivity contribution is -0.136. The Morgan fingerprint density at radius 3 is 2.75 bits per heavy atom. The molecule has 0 fully saturated rings. The predicted molar refractivity (Wildman–Crippen MR) is 53.9 cm³/mol. The second-order valence-electron chi connectivity index (χ2n) is 3.18. The molecule has 2 N–H and O–H groups in total. The van der Waals surface area contributed by atoms with Crippen LogP contribution in [0.15, 0.2) is 6.33 Å². The number of carboxylic acid groups (broad SMARTS) is 1. The molecule has 9 heteroatoms. The van der Waals surface area contributed by atoms with Crippen LogP contribution in [-0.2, 0) is 28.4 Å². The van der Waals surface area contributed by atoms with Crippen LogP contribution in [-0.4, -0.2) is 39.5 Å². The van der Waals surface area contributed by atoms with Crippen molar-refractivity contribution in [2.24, 2.45) is 7.05 Å². The molecule has 1 aromatic heterocycles. The summed E-state index contributed by atoms with van der Waals surface area (Å²) in [6.45, 7) is 0.970. The summed E-state index contributed by atoms with van der Waals surface area (Å²) < 4.78 is 26.3. The Hall–Kier alpha value is -1.48. The minimum Gasteiger partial charge on any atom is -0.480 e. The largest absolute Gasteiger partial charge is 0.480 e. The standard InChI is InChI=1S/C7H12N4O4S/c1-5(7(12)13)16(14,15)9-3-6-8-4-11(2)10-6/h4-5,9H,3H2,1-2H3,(H,12,13). The first-order chi connectivity index (χ1) is 7.33. The lowest BCUT2D eigenvalue weighted by Gasteiger charge is -2.08. The highest BCUT2D eigenvalue weighted by atomic mass is 32.2. The summed E-state index contributed by atoms with van der Waals surface area (Å²) in [4.78, 5) is 14.3. The van der Waals surface area contributed by atoms with E-state index in [1.54, 1.807) is 7.05 Å². The van der Waals surface area contributed by atoms with E-state index in [1.807, 2.05) is 0 Å². The first-order valence-corrected chi connectivity index (χ1v) is 5.93. The van der Waals surface area contributed by atoms with Gasteiger partial charge in [0, 0.05) is 7.05 Å². The van der Waals surface area contributed by atoms with Gasteiger partial charge in [-0.1, -0.05) is 0 Å². The first kappa shape index (κ1) is 12.6. The maximum Gasteiger partial charge on any atom is 0.323 e. The topological polar surface area (TPSA) is 114 Å². The molecule has 0 radical (unpaired) electrons. The minimum atomic E-state index is -3.89. The monoisotopic (exact) mass is 248 g/mol. The molecular formula is C7H12N4O4S. The van der Waals surface area contributed by atoms with E-state index in [1.165, 1.54) is 11.0 Å². The second-order valence-corrected chi connectivity index (χ2v) is 5.27. The highest BCUT2D eigenvalue weighted by molar-refractivity contribution is 7.90. The quantitative estimate of drug-likeness (QED) is 0.670. The molecule has 1 aromatic rings. The normalized spacial score (nSPS) is 13.6. The lowest BCUT2D eigenvalue weighted by Crippen LogP contribution is -2.37. The number of aliphatic carboxylic acids is 1. The molecule has 0 aliphatic heterocycles. The number of hydrogen-bond acceptors (Lipinski definition) is 5. The number of carbonyl (C=O) groups is 1. The van der Waals surface area contributed by atoms with Crippen LogP contribution < -0.4 is 4.72 Å². The second kappa shape index (κ2) is 4.58. The predicted octanol–water partition coefficient (Wildman–Crippen LogP) is -1.29. The Balaban J connectivity index is 2.65. The average Bonchev–Trinajstić information content (AvgIpc) is 2.60. The van der Waals surface area contributed by atoms with E-state index < -0.39 is 21.2 Å². The summed E-state index contributed by atoms with van der Waals surface area (Å²) in [6.07, 6.45) is 1.42. The van der Waals surface area contributed by atoms with Crippen molar-refractivity contribution >= 4 is 16.0 Å². The summed E-state index contributed by atoms with van der Waals surface area (Å²) in [5.74, 6) is -1.12. The van der Waals surface area contributed by atoms with Gasteiger partial charge in [0.1, 0.15) is 6.33 Å². The molecule has 1 rings (SSSR count). The molecule has 8 nitrogen and oxygen atoms in total. The molecule has 1 atom stereocenters. The fourth-order valence-electron chi connectivity index (χ4n) is 0.888. The molecule has 1 unspecified atom stereocenters. The molecule has 90 valence electrons. The molecule has 0 saturated carbocycles. The summed E-state index contributed by atoms with van der Waals surface area (Å²) in [5, 5.41) is 10.9. The summed E-state index contributed by atoms with van der Waals surface area (Å²) in [7, 11) is -2.24. The third kappa shape index (κ3) is 3.00. The first-order valence-electron chi connectivity index (χ1n) is 4.38. The van der Waals surface area contributed by atoms with Gasteiger partial charge in [-0.3, -0.25) is 9.48 Å². The molecule has 0 aromatic carbocycles. The zero-order valence-corrected chi connectivity index (χ0v) is 9.60. The molecule has 1 heterocycles. The molecule has 0 aliphatic rings. The van der Waals surface area contributed by atoms with Gasteiger partial charge in [0.15, 0.2) is 11.1 Å². The number of aryl methyl sites for hydroxylation is 1. The van der Waals surface area contributed by atoms with Gasteiger partial charge >= 0.3 is 5.97 Å². The maximum atomic E-state index is 11.4. The number of nitrogens with one attached hydrogen (secondary N) is 1. The van der Waals surface area contributed by atoms with Gasteiger partial charge in [-0.25, -0.2) is 18.1 Å². The zero-order chi connectivity index (χ0) is 12.3. The minimum absolute atomic E-state index is 0.124. The zero-order valence-electron chi connectivity index (χ0n) is 8.78. The van der Waals surface area contributed by atoms with Crippen LogP contribution in [0.25, 0.3) is 0 Å². The van der Waals surface area contributed by atoms with E-state index in [9.17, 15) is 13.2 Å². The number of sulfonamides is 1. The molecule has 0 bridgehead atoms. The van der Waals surface area contributed by atoms with Crippen molar-refractivity contribution < 1.29 is 18.3 Å². The van der Waals surface area contributed by atoms with Crippen LogP contribution >= 0.6 is 0 Å². The lowest BCUT2D eigenvalue weighted by atomic mass is 10.5. The van der Waals surface area contributed by atoms with Crippen LogP contribution in [0, 0.1) is 0 Å². The van der Waals surface area contributed by atoms with Crippen molar-refractivity contribution in [2.45, 2.75) is 18.7 Å². The Morgan fingerprint density at radius 2 is 2.31 bits per heavy atom. The molecular weight excluding hydrogens is 236 g/mol. The van der Waals surface area contributed by atoms with Crippen LogP contribution in [0.2, 0.25) is 0 Å². The number of rotatable bonds is 5. The van der Waals surface area contributed by atoms with Gasteiger partial charge in [-0.15, -0.1) is 0 Å². The van der Waals surface area contributed by atoms with Crippen molar-refractivity contribution in [3.8, 4) is 0 Å². The van der Waals surface area contributed by atoms with Crippen LogP contribution in [0.5, 0.6) is 0 Å². The van der Waals surface area contributed by atoms with E-state index in [0.29, 0.717) is 0 Å². The molecule has 0 spiro atoms. The highest BCUT2D eigenvalue weighted by Crippen LogP contribution is 1.99. The summed E-state index contributed by atoms with van der Waals surface area (Å²) >= 11 is 0. The van der Waals surface area contributed by atoms with Crippen molar-refractivity contribution in [3.63, 3.8) is 0 Å². The van der Waals surface area contributed by atoms with E-state index in [0.717, 1.165) is 6.92 Å². The van der Waals surface area contributed by atoms with E-state index in [-0.39, 0.29) is 12.4 Å². The Morgan fingerprint density at radius 1 is 1.69 bits per heavy atom. The Labute approximate surface area is 92.3 Å². The number of aromatic nitrogens is 3. The number of carboxylic acids is 1. The summed E-state index contributed by atoms with van der Waals surface area (Å²) in [6, 6.07) is 0. The molecule has 0 saturated heterocycles. The van der Waals surface area contributed by atoms with Crippen molar-refractivity contribution in [1.82, 2.24) is 19.5 Å². The van der Waals surface area contributed by atoms with Crippen LogP contribution in [0.3, 0.4) is 0 Å². The van der Waals surface area contributed by atoms with E-state index in [4.69, 9.17) is 5.11 Å². The van der Waals surface area contributed by atoms with Gasteiger partial charge < -0.3 is 5.11 Å². The van der Waals surface area contributed by atoms with Crippen LogP contribution in [0.4, 0.5) is 0 Å². The van der Waals surface area contributed by atoms with Gasteiger partial charge in [0.05, 0.1) is 6.54 Å². The highest BCUT2D eigenvalue weighted by Gasteiger charge is 2.27. The van der Waals surface area contributed by atoms with E-state index >= 15 is 0 Å². The molecule has 0 amide bonds. The smallest absolute Gasteiger partial charge is 0.323 e. The number of hydrogen-bond donors (Lipinski definition) is 2. The third-order valence-corrected chi connectivity index (χ3v) is 3.57.